The summed E-state index contributed by atoms with van der Waals surface area (Å²) in [7, 11) is 0. The summed E-state index contributed by atoms with van der Waals surface area (Å²) >= 11 is 0. The van der Waals surface area contributed by atoms with Crippen molar-refractivity contribution in [1.82, 2.24) is 0 Å². The number of benzene rings is 2. The van der Waals surface area contributed by atoms with Crippen LogP contribution >= 0.6 is 0 Å². The van der Waals surface area contributed by atoms with Gasteiger partial charge in [0.1, 0.15) is 0 Å². The third-order valence-corrected chi connectivity index (χ3v) is 5.08. The molecule has 1 aliphatic carbocycles. The van der Waals surface area contributed by atoms with E-state index >= 15 is 0 Å². The van der Waals surface area contributed by atoms with E-state index in [2.05, 4.69) is 77.9 Å². The van der Waals surface area contributed by atoms with Gasteiger partial charge < -0.3 is 24.8 Å². The Bertz CT molecular complexity index is 865. The van der Waals surface area contributed by atoms with E-state index in [0.29, 0.717) is 0 Å². The normalized spacial score (nSPS) is 11.5. The zero-order chi connectivity index (χ0) is 18.9. The van der Waals surface area contributed by atoms with Crippen molar-refractivity contribution in [3.8, 4) is 11.1 Å². The maximum atomic E-state index is 3.55. The molecule has 0 N–H and O–H groups in total. The van der Waals surface area contributed by atoms with Gasteiger partial charge in [0.05, 0.1) is 0 Å². The summed E-state index contributed by atoms with van der Waals surface area (Å²) in [6.07, 6.45) is 1.03. The molecule has 3 heteroatoms. The molecule has 0 aliphatic heterocycles. The number of hydrogen-bond donors (Lipinski definition) is 0. The van der Waals surface area contributed by atoms with Gasteiger partial charge in [-0.05, 0) is 23.0 Å². The summed E-state index contributed by atoms with van der Waals surface area (Å²) in [5.74, 6) is 0. The van der Waals surface area contributed by atoms with Crippen molar-refractivity contribution in [2.75, 3.05) is 0 Å². The predicted octanol–water partition coefficient (Wildman–Crippen LogP) is 1.06. The fourth-order valence-corrected chi connectivity index (χ4v) is 3.58. The average Bonchev–Trinajstić information content (AvgIpc) is 3.23. The number of rotatable bonds is 0. The zero-order valence-corrected chi connectivity index (χ0v) is 22.2. The second-order valence-corrected chi connectivity index (χ2v) is 9.25. The molecule has 0 radical (unpaired) electrons. The van der Waals surface area contributed by atoms with Gasteiger partial charge in [-0.2, -0.15) is 47.5 Å². The van der Waals surface area contributed by atoms with Crippen molar-refractivity contribution in [3.63, 3.8) is 0 Å². The van der Waals surface area contributed by atoms with Gasteiger partial charge in [-0.3, -0.25) is 0 Å². The molecule has 0 unspecified atom stereocenters. The van der Waals surface area contributed by atoms with Gasteiger partial charge in [0.15, 0.2) is 0 Å². The van der Waals surface area contributed by atoms with Crippen LogP contribution in [0.3, 0.4) is 0 Å². The summed E-state index contributed by atoms with van der Waals surface area (Å²) in [5, 5.41) is 0. The molecule has 4 rings (SSSR count). The van der Waals surface area contributed by atoms with E-state index in [4.69, 9.17) is 0 Å². The molecule has 0 saturated heterocycles. The molecular weight excluding hydrogens is 474 g/mol. The minimum Gasteiger partial charge on any atom is -1.00 e. The molecule has 0 atom stereocenters. The Morgan fingerprint density at radius 2 is 1.45 bits per heavy atom. The van der Waals surface area contributed by atoms with Gasteiger partial charge in [0, 0.05) is 0 Å². The van der Waals surface area contributed by atoms with Crippen molar-refractivity contribution in [3.05, 3.63) is 89.0 Å². The predicted molar refractivity (Wildman–Crippen MR) is 113 cm³/mol. The van der Waals surface area contributed by atoms with E-state index in [1.165, 1.54) is 33.4 Å². The van der Waals surface area contributed by atoms with Crippen LogP contribution < -0.4 is 24.8 Å². The van der Waals surface area contributed by atoms with E-state index in [-0.39, 0.29) is 61.8 Å². The number of halogens is 2. The van der Waals surface area contributed by atoms with Crippen LogP contribution in [0.4, 0.5) is 0 Å². The standard InChI is InChI=1S/C21H25.C5H5.2ClH.Zr/c1-20(2,3)15-11-10-14-12-18-16(17(14)13-15)8-7-9-19(18)21(4,5)6;1-2-4-5-3-1;;;/h7-9,11,13H,12H2,1-6H3;1-5H;2*1H;/q2*-1;;;+4/p-2. The second kappa shape index (κ2) is 11.0. The number of fused-ring (bicyclic) bond motifs is 3. The minimum absolute atomic E-state index is 0. The monoisotopic (exact) mass is 502 g/mol. The Kier molecular flexibility index (Phi) is 10.8. The van der Waals surface area contributed by atoms with Gasteiger partial charge in [0.2, 0.25) is 0 Å². The van der Waals surface area contributed by atoms with Crippen LogP contribution in [0.1, 0.15) is 63.8 Å². The van der Waals surface area contributed by atoms with Crippen molar-refractivity contribution < 1.29 is 51.0 Å². The van der Waals surface area contributed by atoms with Crippen LogP contribution in [0.5, 0.6) is 0 Å². The van der Waals surface area contributed by atoms with Gasteiger partial charge in [-0.1, -0.05) is 70.7 Å². The average molecular weight is 505 g/mol. The molecule has 0 bridgehead atoms. The van der Waals surface area contributed by atoms with Gasteiger partial charge >= 0.3 is 26.2 Å². The Morgan fingerprint density at radius 3 is 1.93 bits per heavy atom. The van der Waals surface area contributed by atoms with Crippen molar-refractivity contribution in [1.29, 1.82) is 0 Å². The van der Waals surface area contributed by atoms with Gasteiger partial charge in [-0.15, -0.1) is 5.56 Å². The molecule has 29 heavy (non-hydrogen) atoms. The maximum Gasteiger partial charge on any atom is 4.00 e. The molecule has 0 aromatic heterocycles. The SMILES string of the molecule is CC(C)(C)c1c[c-]c2c(c1)-c1cccc(C(C)(C)C)c1C2.[Cl-].[Cl-].[Zr+4].c1cc[cH-]c1. The molecule has 0 heterocycles. The Balaban J connectivity index is 0.000000863. The summed E-state index contributed by atoms with van der Waals surface area (Å²) in [4.78, 5) is 0. The fraction of sp³-hybridized carbons (Fsp3) is 0.346. The molecule has 0 fully saturated rings. The molecular formula is C26H30Cl2Zr. The van der Waals surface area contributed by atoms with Crippen LogP contribution in [0.25, 0.3) is 11.1 Å². The first-order chi connectivity index (χ1) is 12.2. The van der Waals surface area contributed by atoms with Crippen LogP contribution in [-0.4, -0.2) is 0 Å². The first-order valence-corrected chi connectivity index (χ1v) is 9.52. The minimum atomic E-state index is 0. The van der Waals surface area contributed by atoms with Crippen LogP contribution in [0, 0.1) is 6.07 Å². The Morgan fingerprint density at radius 1 is 0.828 bits per heavy atom. The van der Waals surface area contributed by atoms with Crippen LogP contribution in [-0.2, 0) is 43.5 Å². The summed E-state index contributed by atoms with van der Waals surface area (Å²) in [5.41, 5.74) is 8.88. The molecule has 0 saturated carbocycles. The molecule has 0 spiro atoms. The van der Waals surface area contributed by atoms with Crippen molar-refractivity contribution >= 4 is 0 Å². The molecule has 3 aromatic rings. The van der Waals surface area contributed by atoms with Gasteiger partial charge in [-0.25, -0.2) is 12.1 Å². The van der Waals surface area contributed by atoms with E-state index in [1.54, 1.807) is 0 Å². The van der Waals surface area contributed by atoms with Crippen LogP contribution in [0.2, 0.25) is 0 Å². The van der Waals surface area contributed by atoms with E-state index in [0.717, 1.165) is 6.42 Å². The molecule has 0 nitrogen and oxygen atoms in total. The van der Waals surface area contributed by atoms with Crippen molar-refractivity contribution in [2.24, 2.45) is 0 Å². The van der Waals surface area contributed by atoms with E-state index < -0.39 is 0 Å². The van der Waals surface area contributed by atoms with E-state index in [1.807, 2.05) is 30.3 Å². The smallest absolute Gasteiger partial charge is 1.00 e. The second-order valence-electron chi connectivity index (χ2n) is 9.25. The topological polar surface area (TPSA) is 0 Å². The summed E-state index contributed by atoms with van der Waals surface area (Å²) in [6, 6.07) is 24.9. The third-order valence-electron chi connectivity index (χ3n) is 5.08. The van der Waals surface area contributed by atoms with Crippen molar-refractivity contribution in [2.45, 2.75) is 58.8 Å². The first-order valence-electron chi connectivity index (χ1n) is 9.52. The number of hydrogen-bond acceptors (Lipinski definition) is 0. The molecule has 3 aromatic carbocycles. The zero-order valence-electron chi connectivity index (χ0n) is 18.2. The Labute approximate surface area is 208 Å². The Hall–Kier alpha value is -0.747. The van der Waals surface area contributed by atoms with Gasteiger partial charge in [0.25, 0.3) is 0 Å². The summed E-state index contributed by atoms with van der Waals surface area (Å²) < 4.78 is 0. The maximum absolute atomic E-state index is 3.55. The molecule has 0 amide bonds. The fourth-order valence-electron chi connectivity index (χ4n) is 3.58. The quantitative estimate of drug-likeness (QED) is 0.315. The third kappa shape index (κ3) is 6.62. The van der Waals surface area contributed by atoms with Crippen LogP contribution in [0.15, 0.2) is 60.7 Å². The first kappa shape index (κ1) is 28.3. The molecule has 152 valence electrons. The largest absolute Gasteiger partial charge is 4.00 e. The summed E-state index contributed by atoms with van der Waals surface area (Å²) in [6.45, 7) is 13.7. The molecule has 1 aliphatic rings. The van der Waals surface area contributed by atoms with E-state index in [9.17, 15) is 0 Å².